The van der Waals surface area contributed by atoms with Gasteiger partial charge in [0, 0.05) is 69.3 Å². The number of amidine groups is 1. The van der Waals surface area contributed by atoms with Crippen molar-refractivity contribution in [3.63, 3.8) is 0 Å². The van der Waals surface area contributed by atoms with Crippen LogP contribution in [0, 0.1) is 12.3 Å². The first kappa shape index (κ1) is 45.2. The SMILES string of the molecule is C/C=C/C.CC.CC1=C(C(=N)N2CC3CCC(C2)N3)CCN(C2=CCCc3cccc(C)c32)C1.CCCCC12CCCN1CCC2.COC.NC=O. The maximum absolute atomic E-state index is 8.88. The van der Waals surface area contributed by atoms with Gasteiger partial charge in [-0.25, -0.2) is 0 Å². The first-order chi connectivity index (χ1) is 25.2. The van der Waals surface area contributed by atoms with Crippen molar-refractivity contribution in [1.82, 2.24) is 20.0 Å². The Balaban J connectivity index is 0.000000322. The number of allylic oxidation sites excluding steroid dienone is 3. The third kappa shape index (κ3) is 12.6. The highest BCUT2D eigenvalue weighted by Gasteiger charge is 2.43. The zero-order valence-corrected chi connectivity index (χ0v) is 34.7. The Labute approximate surface area is 318 Å². The highest BCUT2D eigenvalue weighted by Crippen LogP contribution is 2.42. The van der Waals surface area contributed by atoms with Gasteiger partial charge in [0.1, 0.15) is 5.84 Å². The lowest BCUT2D eigenvalue weighted by atomic mass is 9.88. The van der Waals surface area contributed by atoms with Gasteiger partial charge in [-0.1, -0.05) is 70.0 Å². The number of carbonyl (C=O) groups excluding carboxylic acids is 1. The molecule has 2 bridgehead atoms. The number of nitrogens with one attached hydrogen (secondary N) is 2. The number of hydrogen-bond donors (Lipinski definition) is 3. The van der Waals surface area contributed by atoms with Crippen LogP contribution in [-0.4, -0.2) is 98.1 Å². The van der Waals surface area contributed by atoms with Gasteiger partial charge in [-0.2, -0.15) is 0 Å². The van der Waals surface area contributed by atoms with Crippen LogP contribution in [0.2, 0.25) is 0 Å². The van der Waals surface area contributed by atoms with E-state index in [1.54, 1.807) is 14.2 Å². The Kier molecular flexibility index (Phi) is 21.2. The number of hydrogen-bond acceptors (Lipinski definition) is 6. The number of nitrogens with two attached hydrogens (primary N) is 1. The van der Waals surface area contributed by atoms with Crippen LogP contribution in [0.15, 0.2) is 47.6 Å². The number of fused-ring (bicyclic) bond motifs is 4. The Morgan fingerprint density at radius 2 is 1.62 bits per heavy atom. The van der Waals surface area contributed by atoms with Crippen LogP contribution in [0.25, 0.3) is 5.70 Å². The Morgan fingerprint density at radius 3 is 2.15 bits per heavy atom. The number of piperazine rings is 1. The molecule has 2 unspecified atom stereocenters. The van der Waals surface area contributed by atoms with E-state index in [1.807, 2.05) is 39.8 Å². The number of unbranched alkanes of at least 4 members (excludes halogenated alkanes) is 1. The molecule has 7 rings (SSSR count). The van der Waals surface area contributed by atoms with Gasteiger partial charge in [-0.15, -0.1) is 0 Å². The van der Waals surface area contributed by atoms with Crippen LogP contribution in [0.3, 0.4) is 0 Å². The van der Waals surface area contributed by atoms with Gasteiger partial charge in [-0.05, 0) is 127 Å². The molecule has 5 aliphatic heterocycles. The molecule has 0 radical (unpaired) electrons. The molecule has 1 aliphatic carbocycles. The van der Waals surface area contributed by atoms with Crippen LogP contribution in [0.4, 0.5) is 0 Å². The Morgan fingerprint density at radius 1 is 1.02 bits per heavy atom. The van der Waals surface area contributed by atoms with Gasteiger partial charge in [0.05, 0.1) is 0 Å². The van der Waals surface area contributed by atoms with Crippen molar-refractivity contribution in [1.29, 1.82) is 5.41 Å². The van der Waals surface area contributed by atoms with Crippen LogP contribution in [-0.2, 0) is 16.0 Å². The van der Waals surface area contributed by atoms with Gasteiger partial charge in [0.15, 0.2) is 0 Å². The second-order valence-corrected chi connectivity index (χ2v) is 14.8. The zero-order chi connectivity index (χ0) is 38.5. The molecule has 8 heteroatoms. The van der Waals surface area contributed by atoms with Crippen molar-refractivity contribution < 1.29 is 9.53 Å². The zero-order valence-electron chi connectivity index (χ0n) is 34.7. The topological polar surface area (TPSA) is 97.9 Å². The molecule has 8 nitrogen and oxygen atoms in total. The molecular weight excluding hydrogens is 645 g/mol. The normalized spacial score (nSPS) is 22.4. The summed E-state index contributed by atoms with van der Waals surface area (Å²) in [6.07, 6.45) is 22.7. The lowest BCUT2D eigenvalue weighted by Crippen LogP contribution is -2.53. The average molecular weight is 721 g/mol. The minimum Gasteiger partial charge on any atom is -0.388 e. The van der Waals surface area contributed by atoms with Gasteiger partial charge in [-0.3, -0.25) is 15.1 Å². The Bertz CT molecular complexity index is 1280. The highest BCUT2D eigenvalue weighted by molar-refractivity contribution is 5.97. The fourth-order valence-electron chi connectivity index (χ4n) is 8.81. The maximum atomic E-state index is 8.88. The van der Waals surface area contributed by atoms with E-state index < -0.39 is 0 Å². The number of amides is 1. The number of primary amides is 1. The van der Waals surface area contributed by atoms with E-state index in [2.05, 4.69) is 75.5 Å². The van der Waals surface area contributed by atoms with Crippen molar-refractivity contribution in [3.05, 3.63) is 64.3 Å². The molecule has 52 heavy (non-hydrogen) atoms. The molecule has 0 spiro atoms. The van der Waals surface area contributed by atoms with Gasteiger partial charge in [0.2, 0.25) is 6.41 Å². The molecule has 6 aliphatic rings. The third-order valence-electron chi connectivity index (χ3n) is 11.2. The fourth-order valence-corrected chi connectivity index (χ4v) is 8.81. The van der Waals surface area contributed by atoms with Gasteiger partial charge >= 0.3 is 0 Å². The smallest absolute Gasteiger partial charge is 0.204 e. The fraction of sp³-hybridized carbons (Fsp3) is 0.682. The standard InChI is InChI=1S/C24H32N4.C11H21N.C4H8.C2H6O.C2H6.CH3NO/c1-16-5-3-6-18-7-4-8-22(23(16)18)27-12-11-21(17(2)13-27)24(25)28-14-19-9-10-20(15-28)26-19;1-2-3-6-11-7-4-9-12(11)10-5-8-11;1-3-4-2;1-3-2;1-2;2-1-3/h3,5-6,8,19-20,25-26H,4,7,9-15H2,1-2H3;2-10H2,1H3;3-4H,1-2H3;1-2H3;1-2H3;1H,(H2,2,3)/b;;4-3+;;;. The van der Waals surface area contributed by atoms with E-state index >= 15 is 0 Å². The van der Waals surface area contributed by atoms with Crippen LogP contribution in [0.1, 0.15) is 129 Å². The molecule has 0 saturated carbocycles. The van der Waals surface area contributed by atoms with Crippen molar-refractivity contribution in [3.8, 4) is 0 Å². The van der Waals surface area contributed by atoms with Crippen molar-refractivity contribution in [2.45, 2.75) is 143 Å². The summed E-state index contributed by atoms with van der Waals surface area (Å²) in [5.74, 6) is 0.796. The van der Waals surface area contributed by atoms with Gasteiger partial charge < -0.3 is 25.6 Å². The molecule has 1 aromatic rings. The number of ether oxygens (including phenoxy) is 1. The molecule has 294 valence electrons. The first-order valence-corrected chi connectivity index (χ1v) is 20.4. The number of rotatable bonds is 5. The predicted molar refractivity (Wildman–Crippen MR) is 223 cm³/mol. The lowest BCUT2D eigenvalue weighted by Gasteiger charge is -2.39. The molecule has 5 heterocycles. The molecule has 1 aromatic carbocycles. The predicted octanol–water partition coefficient (Wildman–Crippen LogP) is 8.50. The summed E-state index contributed by atoms with van der Waals surface area (Å²) >= 11 is 0. The summed E-state index contributed by atoms with van der Waals surface area (Å²) < 4.78 is 4.25. The molecular formula is C44H76N6O2. The van der Waals surface area contributed by atoms with Crippen LogP contribution in [0.5, 0.6) is 0 Å². The molecule has 4 fully saturated rings. The van der Waals surface area contributed by atoms with Crippen molar-refractivity contribution in [2.24, 2.45) is 5.73 Å². The summed E-state index contributed by atoms with van der Waals surface area (Å²) in [7, 11) is 3.25. The number of methoxy groups -OCH3 is 1. The molecule has 2 atom stereocenters. The minimum atomic E-state index is 0.250. The molecule has 4 saturated heterocycles. The largest absolute Gasteiger partial charge is 0.388 e. The average Bonchev–Trinajstić information content (AvgIpc) is 3.85. The summed E-state index contributed by atoms with van der Waals surface area (Å²) in [6.45, 7) is 21.6. The molecule has 0 aromatic heterocycles. The van der Waals surface area contributed by atoms with E-state index in [0.29, 0.717) is 17.6 Å². The van der Waals surface area contributed by atoms with E-state index in [0.717, 1.165) is 51.3 Å². The lowest BCUT2D eigenvalue weighted by molar-refractivity contribution is -0.106. The van der Waals surface area contributed by atoms with E-state index in [9.17, 15) is 0 Å². The van der Waals surface area contributed by atoms with Crippen molar-refractivity contribution in [2.75, 3.05) is 53.5 Å². The molecule has 1 amide bonds. The van der Waals surface area contributed by atoms with E-state index in [-0.39, 0.29) is 6.41 Å². The van der Waals surface area contributed by atoms with Gasteiger partial charge in [0.25, 0.3) is 0 Å². The summed E-state index contributed by atoms with van der Waals surface area (Å²) in [5.41, 5.74) is 13.3. The quantitative estimate of drug-likeness (QED) is 0.122. The van der Waals surface area contributed by atoms with E-state index in [4.69, 9.17) is 10.2 Å². The maximum Gasteiger partial charge on any atom is 0.204 e. The second kappa shape index (κ2) is 24.4. The van der Waals surface area contributed by atoms with E-state index in [1.165, 1.54) is 104 Å². The van der Waals surface area contributed by atoms with Crippen LogP contribution < -0.4 is 11.1 Å². The Hall–Kier alpha value is -2.94. The summed E-state index contributed by atoms with van der Waals surface area (Å²) in [5, 5.41) is 12.6. The number of nitrogens with zero attached hydrogens (tertiary/aromatic N) is 3. The second-order valence-electron chi connectivity index (χ2n) is 14.8. The first-order valence-electron chi connectivity index (χ1n) is 20.4. The minimum absolute atomic E-state index is 0.250. The number of carbonyl (C=O) groups is 1. The van der Waals surface area contributed by atoms with Crippen LogP contribution >= 0.6 is 0 Å². The number of likely N-dealkylation sites (tertiary alicyclic amines) is 1. The monoisotopic (exact) mass is 721 g/mol. The summed E-state index contributed by atoms with van der Waals surface area (Å²) in [6, 6.07) is 7.91. The third-order valence-corrected chi connectivity index (χ3v) is 11.2. The number of benzene rings is 1. The molecule has 4 N–H and O–H groups in total. The van der Waals surface area contributed by atoms with Crippen molar-refractivity contribution >= 4 is 17.9 Å². The number of aryl methyl sites for hydroxylation is 2. The highest BCUT2D eigenvalue weighted by atomic mass is 16.4. The summed E-state index contributed by atoms with van der Waals surface area (Å²) in [4.78, 5) is 16.2.